The first kappa shape index (κ1) is 8.48. The maximum absolute atomic E-state index is 12.0. The van der Waals surface area contributed by atoms with E-state index >= 15 is 0 Å². The molecule has 1 aromatic carbocycles. The quantitative estimate of drug-likeness (QED) is 0.692. The Bertz CT molecular complexity index is 459. The van der Waals surface area contributed by atoms with Crippen LogP contribution in [0.15, 0.2) is 48.6 Å². The highest BCUT2D eigenvalue weighted by molar-refractivity contribution is 6.05. The van der Waals surface area contributed by atoms with Gasteiger partial charge >= 0.3 is 0 Å². The van der Waals surface area contributed by atoms with Gasteiger partial charge in [0.2, 0.25) is 5.78 Å². The summed E-state index contributed by atoms with van der Waals surface area (Å²) < 4.78 is 5.65. The van der Waals surface area contributed by atoms with E-state index < -0.39 is 0 Å². The van der Waals surface area contributed by atoms with Gasteiger partial charge in [-0.3, -0.25) is 4.79 Å². The van der Waals surface area contributed by atoms with Crippen LogP contribution in [0, 0.1) is 5.92 Å². The summed E-state index contributed by atoms with van der Waals surface area (Å²) in [7, 11) is 0. The Morgan fingerprint density at radius 3 is 2.53 bits per heavy atom. The minimum Gasteiger partial charge on any atom is -0.481 e. The van der Waals surface area contributed by atoms with Crippen LogP contribution in [0.25, 0.3) is 0 Å². The highest BCUT2D eigenvalue weighted by Gasteiger charge is 2.36. The van der Waals surface area contributed by atoms with Gasteiger partial charge in [-0.05, 0) is 12.1 Å². The molecule has 2 nitrogen and oxygen atoms in total. The Morgan fingerprint density at radius 2 is 1.80 bits per heavy atom. The van der Waals surface area contributed by atoms with Gasteiger partial charge < -0.3 is 4.74 Å². The van der Waals surface area contributed by atoms with Gasteiger partial charge in [0, 0.05) is 5.92 Å². The first-order chi connectivity index (χ1) is 7.36. The minimum atomic E-state index is -0.364. The molecule has 0 saturated heterocycles. The largest absolute Gasteiger partial charge is 0.481 e. The third-order valence-corrected chi connectivity index (χ3v) is 2.79. The number of fused-ring (bicyclic) bond motifs is 1. The summed E-state index contributed by atoms with van der Waals surface area (Å²) in [5, 5.41) is 0. The highest BCUT2D eigenvalue weighted by atomic mass is 16.5. The van der Waals surface area contributed by atoms with Crippen LogP contribution >= 0.6 is 0 Å². The zero-order valence-corrected chi connectivity index (χ0v) is 8.09. The van der Waals surface area contributed by atoms with Crippen molar-refractivity contribution in [3.8, 4) is 5.75 Å². The van der Waals surface area contributed by atoms with E-state index in [-0.39, 0.29) is 17.8 Å². The number of allylic oxidation sites excluding steroid dienone is 2. The highest BCUT2D eigenvalue weighted by Crippen LogP contribution is 2.33. The molecule has 2 heteroatoms. The van der Waals surface area contributed by atoms with E-state index in [1.165, 1.54) is 0 Å². The maximum Gasteiger partial charge on any atom is 0.207 e. The Morgan fingerprint density at radius 1 is 1.07 bits per heavy atom. The molecule has 0 amide bonds. The van der Waals surface area contributed by atoms with Crippen molar-refractivity contribution in [1.82, 2.24) is 0 Å². The summed E-state index contributed by atoms with van der Waals surface area (Å²) >= 11 is 0. The smallest absolute Gasteiger partial charge is 0.207 e. The number of ether oxygens (including phenoxy) is 1. The fourth-order valence-corrected chi connectivity index (χ4v) is 2.02. The van der Waals surface area contributed by atoms with Crippen LogP contribution in [0.1, 0.15) is 10.4 Å². The molecule has 1 unspecified atom stereocenters. The number of carbonyl (C=O) groups excluding carboxylic acids is 1. The number of ketones is 1. The summed E-state index contributed by atoms with van der Waals surface area (Å²) in [5.74, 6) is 0.887. The van der Waals surface area contributed by atoms with Gasteiger partial charge in [0.15, 0.2) is 6.10 Å². The second-order valence-electron chi connectivity index (χ2n) is 3.75. The number of hydrogen-bond donors (Lipinski definition) is 0. The van der Waals surface area contributed by atoms with Crippen LogP contribution in [-0.2, 0) is 0 Å². The summed E-state index contributed by atoms with van der Waals surface area (Å²) in [5.41, 5.74) is 0.705. The van der Waals surface area contributed by atoms with E-state index in [9.17, 15) is 4.79 Å². The van der Waals surface area contributed by atoms with Crippen LogP contribution < -0.4 is 4.74 Å². The normalized spacial score (nSPS) is 23.2. The molecule has 1 heterocycles. The van der Waals surface area contributed by atoms with Crippen LogP contribution in [0.5, 0.6) is 5.75 Å². The topological polar surface area (TPSA) is 26.3 Å². The summed E-state index contributed by atoms with van der Waals surface area (Å²) in [6, 6.07) is 7.41. The van der Waals surface area contributed by atoms with Crippen LogP contribution in [-0.4, -0.2) is 11.9 Å². The molecular formula is C13H10O2. The van der Waals surface area contributed by atoms with Crippen molar-refractivity contribution < 1.29 is 9.53 Å². The van der Waals surface area contributed by atoms with Gasteiger partial charge in [-0.15, -0.1) is 0 Å². The Hall–Kier alpha value is -1.83. The van der Waals surface area contributed by atoms with Gasteiger partial charge in [0.25, 0.3) is 0 Å². The van der Waals surface area contributed by atoms with E-state index in [0.717, 1.165) is 0 Å². The van der Waals surface area contributed by atoms with Crippen LogP contribution in [0.2, 0.25) is 0 Å². The third kappa shape index (κ3) is 1.22. The predicted octanol–water partition coefficient (Wildman–Crippen LogP) is 2.37. The maximum atomic E-state index is 12.0. The molecule has 1 aromatic rings. The number of rotatable bonds is 1. The van der Waals surface area contributed by atoms with E-state index in [2.05, 4.69) is 0 Å². The van der Waals surface area contributed by atoms with Gasteiger partial charge in [0.05, 0.1) is 5.56 Å². The molecular weight excluding hydrogens is 188 g/mol. The lowest BCUT2D eigenvalue weighted by molar-refractivity contribution is 0.0826. The summed E-state index contributed by atoms with van der Waals surface area (Å²) in [6.07, 6.45) is 7.52. The molecule has 0 bridgehead atoms. The SMILES string of the molecule is O=C1c2ccccc2OC1C1C=CC=C1. The molecule has 1 aliphatic carbocycles. The fraction of sp³-hybridized carbons (Fsp3) is 0.154. The first-order valence-corrected chi connectivity index (χ1v) is 5.01. The molecule has 3 rings (SSSR count). The number of hydrogen-bond acceptors (Lipinski definition) is 2. The fourth-order valence-electron chi connectivity index (χ4n) is 2.02. The first-order valence-electron chi connectivity index (χ1n) is 5.01. The monoisotopic (exact) mass is 198 g/mol. The summed E-state index contributed by atoms with van der Waals surface area (Å²) in [6.45, 7) is 0. The molecule has 0 radical (unpaired) electrons. The lowest BCUT2D eigenvalue weighted by Crippen LogP contribution is -2.27. The molecule has 0 fully saturated rings. The third-order valence-electron chi connectivity index (χ3n) is 2.79. The number of Topliss-reactive ketones (excluding diaryl/α,β-unsaturated/α-hetero) is 1. The van der Waals surface area contributed by atoms with Crippen molar-refractivity contribution >= 4 is 5.78 Å². The molecule has 0 N–H and O–H groups in total. The Balaban J connectivity index is 1.96. The van der Waals surface area contributed by atoms with Gasteiger partial charge in [-0.2, -0.15) is 0 Å². The van der Waals surface area contributed by atoms with Crippen LogP contribution in [0.3, 0.4) is 0 Å². The van der Waals surface area contributed by atoms with Gasteiger partial charge in [-0.1, -0.05) is 36.4 Å². The number of benzene rings is 1. The standard InChI is InChI=1S/C13H10O2/c14-12-10-7-3-4-8-11(10)15-13(12)9-5-1-2-6-9/h1-9,13H. The van der Waals surface area contributed by atoms with Crippen LogP contribution in [0.4, 0.5) is 0 Å². The second-order valence-corrected chi connectivity index (χ2v) is 3.75. The number of carbonyl (C=O) groups is 1. The molecule has 15 heavy (non-hydrogen) atoms. The summed E-state index contributed by atoms with van der Waals surface area (Å²) in [4.78, 5) is 12.0. The average Bonchev–Trinajstić information content (AvgIpc) is 2.87. The van der Waals surface area contributed by atoms with Gasteiger partial charge in [-0.25, -0.2) is 0 Å². The van der Waals surface area contributed by atoms with Crippen molar-refractivity contribution in [3.63, 3.8) is 0 Å². The van der Waals surface area contributed by atoms with Crippen molar-refractivity contribution in [2.24, 2.45) is 5.92 Å². The lowest BCUT2D eigenvalue weighted by atomic mass is 9.98. The average molecular weight is 198 g/mol. The molecule has 0 saturated carbocycles. The van der Waals surface area contributed by atoms with Crippen molar-refractivity contribution in [1.29, 1.82) is 0 Å². The molecule has 0 aromatic heterocycles. The molecule has 0 spiro atoms. The number of para-hydroxylation sites is 1. The van der Waals surface area contributed by atoms with E-state index in [1.807, 2.05) is 48.6 Å². The molecule has 74 valence electrons. The van der Waals surface area contributed by atoms with Crippen molar-refractivity contribution in [3.05, 3.63) is 54.1 Å². The zero-order chi connectivity index (χ0) is 10.3. The zero-order valence-electron chi connectivity index (χ0n) is 8.09. The second kappa shape index (κ2) is 3.09. The van der Waals surface area contributed by atoms with Crippen molar-refractivity contribution in [2.75, 3.05) is 0 Å². The molecule has 1 atom stereocenters. The van der Waals surface area contributed by atoms with E-state index in [1.54, 1.807) is 0 Å². The van der Waals surface area contributed by atoms with E-state index in [4.69, 9.17) is 4.74 Å². The minimum absolute atomic E-state index is 0.0879. The Labute approximate surface area is 87.9 Å². The lowest BCUT2D eigenvalue weighted by Gasteiger charge is -2.12. The van der Waals surface area contributed by atoms with E-state index in [0.29, 0.717) is 11.3 Å². The van der Waals surface area contributed by atoms with Crippen molar-refractivity contribution in [2.45, 2.75) is 6.10 Å². The Kier molecular flexibility index (Phi) is 1.75. The van der Waals surface area contributed by atoms with Gasteiger partial charge in [0.1, 0.15) is 5.75 Å². The molecule has 1 aliphatic heterocycles. The molecule has 2 aliphatic rings. The predicted molar refractivity (Wildman–Crippen MR) is 57.0 cm³/mol.